The molecule has 0 radical (unpaired) electrons. The number of piperazine rings is 1. The zero-order valence-electron chi connectivity index (χ0n) is 20.6. The SMILES string of the molecule is O=C(NCCCN1CCOCC1)[C@@H]1Cc2cc(C(F)(F)F)ccc2N2CCN(c3ccccc3F)C[C@@H]12. The van der Waals surface area contributed by atoms with Crippen molar-refractivity contribution in [3.63, 3.8) is 0 Å². The molecule has 0 bridgehead atoms. The van der Waals surface area contributed by atoms with Gasteiger partial charge in [0, 0.05) is 45.0 Å². The van der Waals surface area contributed by atoms with Crippen molar-refractivity contribution >= 4 is 17.3 Å². The van der Waals surface area contributed by atoms with E-state index in [1.54, 1.807) is 18.2 Å². The van der Waals surface area contributed by atoms with Crippen LogP contribution in [0.2, 0.25) is 0 Å². The summed E-state index contributed by atoms with van der Waals surface area (Å²) in [6.07, 6.45) is -3.46. The van der Waals surface area contributed by atoms with Crippen molar-refractivity contribution in [2.45, 2.75) is 25.1 Å². The van der Waals surface area contributed by atoms with Crippen LogP contribution in [0.3, 0.4) is 0 Å². The third kappa shape index (κ3) is 5.70. The predicted molar refractivity (Wildman–Crippen MR) is 133 cm³/mol. The number of carbonyl (C=O) groups excluding carboxylic acids is 1. The highest BCUT2D eigenvalue weighted by atomic mass is 19.4. The van der Waals surface area contributed by atoms with Crippen molar-refractivity contribution in [3.8, 4) is 0 Å². The third-order valence-corrected chi connectivity index (χ3v) is 7.62. The maximum Gasteiger partial charge on any atom is 0.416 e. The molecule has 1 N–H and O–H groups in total. The molecule has 0 aromatic heterocycles. The lowest BCUT2D eigenvalue weighted by Crippen LogP contribution is -2.61. The Morgan fingerprint density at radius 1 is 1.03 bits per heavy atom. The largest absolute Gasteiger partial charge is 0.416 e. The van der Waals surface area contributed by atoms with Gasteiger partial charge in [-0.15, -0.1) is 0 Å². The molecule has 2 aromatic carbocycles. The van der Waals surface area contributed by atoms with Crippen molar-refractivity contribution < 1.29 is 27.1 Å². The quantitative estimate of drug-likeness (QED) is 0.467. The number of anilines is 2. The average molecular weight is 521 g/mol. The number of carbonyl (C=O) groups is 1. The van der Waals surface area contributed by atoms with E-state index in [0.29, 0.717) is 50.6 Å². The van der Waals surface area contributed by atoms with Gasteiger partial charge < -0.3 is 19.9 Å². The molecule has 1 amide bonds. The van der Waals surface area contributed by atoms with Gasteiger partial charge in [0.05, 0.1) is 36.4 Å². The highest BCUT2D eigenvalue weighted by Crippen LogP contribution is 2.40. The summed E-state index contributed by atoms with van der Waals surface area (Å²) in [5.74, 6) is -1.05. The van der Waals surface area contributed by atoms with E-state index in [1.165, 1.54) is 18.2 Å². The average Bonchev–Trinajstić information content (AvgIpc) is 2.90. The zero-order chi connectivity index (χ0) is 26.0. The van der Waals surface area contributed by atoms with Crippen LogP contribution in [-0.2, 0) is 22.1 Å². The van der Waals surface area contributed by atoms with Crippen LogP contribution in [0.15, 0.2) is 42.5 Å². The summed E-state index contributed by atoms with van der Waals surface area (Å²) in [4.78, 5) is 19.7. The van der Waals surface area contributed by atoms with Crippen LogP contribution in [0.1, 0.15) is 17.5 Å². The van der Waals surface area contributed by atoms with Crippen LogP contribution in [0.25, 0.3) is 0 Å². The monoisotopic (exact) mass is 520 g/mol. The number of morpholine rings is 1. The Balaban J connectivity index is 1.34. The van der Waals surface area contributed by atoms with Gasteiger partial charge in [-0.1, -0.05) is 12.1 Å². The smallest absolute Gasteiger partial charge is 0.379 e. The minimum atomic E-state index is -4.45. The lowest BCUT2D eigenvalue weighted by molar-refractivity contribution is -0.137. The third-order valence-electron chi connectivity index (χ3n) is 7.62. The number of nitrogens with zero attached hydrogens (tertiary/aromatic N) is 3. The summed E-state index contributed by atoms with van der Waals surface area (Å²) in [5.41, 5.74) is 1.02. The van der Waals surface area contributed by atoms with Crippen molar-refractivity contribution in [2.24, 2.45) is 5.92 Å². The fraction of sp³-hybridized carbons (Fsp3) is 0.519. The molecule has 0 unspecified atom stereocenters. The normalized spacial score (nSPS) is 22.4. The highest BCUT2D eigenvalue weighted by Gasteiger charge is 2.43. The second-order valence-electron chi connectivity index (χ2n) is 9.91. The van der Waals surface area contributed by atoms with Gasteiger partial charge in [0.25, 0.3) is 0 Å². The molecule has 3 heterocycles. The molecule has 2 aromatic rings. The first-order chi connectivity index (χ1) is 17.8. The van der Waals surface area contributed by atoms with Crippen LogP contribution < -0.4 is 15.1 Å². The molecule has 200 valence electrons. The molecule has 10 heteroatoms. The topological polar surface area (TPSA) is 48.1 Å². The van der Waals surface area contributed by atoms with E-state index in [1.807, 2.05) is 9.80 Å². The van der Waals surface area contributed by atoms with Gasteiger partial charge in [0.15, 0.2) is 0 Å². The van der Waals surface area contributed by atoms with Gasteiger partial charge in [-0.05, 0) is 55.3 Å². The van der Waals surface area contributed by atoms with Gasteiger partial charge in [0.2, 0.25) is 5.91 Å². The van der Waals surface area contributed by atoms with Gasteiger partial charge in [-0.3, -0.25) is 9.69 Å². The summed E-state index contributed by atoms with van der Waals surface area (Å²) in [6.45, 7) is 5.91. The molecule has 0 saturated carbocycles. The van der Waals surface area contributed by atoms with Crippen LogP contribution >= 0.6 is 0 Å². The van der Waals surface area contributed by atoms with E-state index in [-0.39, 0.29) is 24.2 Å². The number of halogens is 4. The van der Waals surface area contributed by atoms with E-state index < -0.39 is 17.7 Å². The van der Waals surface area contributed by atoms with E-state index >= 15 is 0 Å². The van der Waals surface area contributed by atoms with Gasteiger partial charge in [0.1, 0.15) is 5.82 Å². The summed E-state index contributed by atoms with van der Waals surface area (Å²) in [7, 11) is 0. The van der Waals surface area contributed by atoms with Crippen molar-refractivity contribution in [1.82, 2.24) is 10.2 Å². The number of hydrogen-bond acceptors (Lipinski definition) is 5. The molecule has 3 aliphatic heterocycles. The molecule has 2 saturated heterocycles. The first-order valence-corrected chi connectivity index (χ1v) is 12.9. The van der Waals surface area contributed by atoms with Crippen LogP contribution in [-0.4, -0.2) is 75.9 Å². The van der Waals surface area contributed by atoms with Gasteiger partial charge >= 0.3 is 6.18 Å². The lowest BCUT2D eigenvalue weighted by atomic mass is 9.82. The second kappa shape index (κ2) is 10.9. The summed E-state index contributed by atoms with van der Waals surface area (Å²) < 4.78 is 60.2. The van der Waals surface area contributed by atoms with Crippen LogP contribution in [0, 0.1) is 11.7 Å². The molecule has 0 aliphatic carbocycles. The van der Waals surface area contributed by atoms with Gasteiger partial charge in [-0.25, -0.2) is 4.39 Å². The van der Waals surface area contributed by atoms with Crippen molar-refractivity contribution in [2.75, 3.05) is 68.8 Å². The number of hydrogen-bond donors (Lipinski definition) is 1. The first-order valence-electron chi connectivity index (χ1n) is 12.9. The number of para-hydroxylation sites is 1. The highest BCUT2D eigenvalue weighted by molar-refractivity contribution is 5.82. The predicted octanol–water partition coefficient (Wildman–Crippen LogP) is 3.55. The van der Waals surface area contributed by atoms with Crippen molar-refractivity contribution in [3.05, 3.63) is 59.4 Å². The molecular weight excluding hydrogens is 488 g/mol. The molecule has 2 atom stereocenters. The number of fused-ring (bicyclic) bond motifs is 3. The van der Waals surface area contributed by atoms with Crippen molar-refractivity contribution in [1.29, 1.82) is 0 Å². The molecule has 5 rings (SSSR count). The number of benzene rings is 2. The standard InChI is InChI=1S/C27H32F4N4O2/c28-22-4-1-2-5-24(22)34-10-11-35-23-7-6-20(27(29,30)31)16-19(23)17-21(25(35)18-34)26(36)32-8-3-9-33-12-14-37-15-13-33/h1-2,4-7,16,21,25H,3,8-15,17-18H2,(H,32,36)/t21-,25+/m1/s1. The Labute approximate surface area is 214 Å². The fourth-order valence-corrected chi connectivity index (χ4v) is 5.70. The molecule has 0 spiro atoms. The second-order valence-corrected chi connectivity index (χ2v) is 9.91. The molecule has 3 aliphatic rings. The van der Waals surface area contributed by atoms with Crippen LogP contribution in [0.5, 0.6) is 0 Å². The fourth-order valence-electron chi connectivity index (χ4n) is 5.70. The maximum atomic E-state index is 14.6. The summed E-state index contributed by atoms with van der Waals surface area (Å²) in [5, 5.41) is 3.03. The zero-order valence-corrected chi connectivity index (χ0v) is 20.6. The maximum absolute atomic E-state index is 14.6. The number of alkyl halides is 3. The van der Waals surface area contributed by atoms with E-state index in [2.05, 4.69) is 10.2 Å². The number of ether oxygens (including phenoxy) is 1. The van der Waals surface area contributed by atoms with E-state index in [9.17, 15) is 22.4 Å². The molecule has 37 heavy (non-hydrogen) atoms. The summed E-state index contributed by atoms with van der Waals surface area (Å²) in [6, 6.07) is 10.1. The summed E-state index contributed by atoms with van der Waals surface area (Å²) >= 11 is 0. The Bertz CT molecular complexity index is 1110. The van der Waals surface area contributed by atoms with E-state index in [0.717, 1.165) is 37.8 Å². The number of amides is 1. The van der Waals surface area contributed by atoms with E-state index in [4.69, 9.17) is 4.74 Å². The number of nitrogens with one attached hydrogen (secondary N) is 1. The Morgan fingerprint density at radius 2 is 1.81 bits per heavy atom. The Kier molecular flexibility index (Phi) is 7.57. The van der Waals surface area contributed by atoms with Crippen LogP contribution in [0.4, 0.5) is 28.9 Å². The first kappa shape index (κ1) is 25.8. The number of rotatable bonds is 6. The molecular formula is C27H32F4N4O2. The minimum Gasteiger partial charge on any atom is -0.379 e. The Morgan fingerprint density at radius 3 is 2.57 bits per heavy atom. The molecule has 2 fully saturated rings. The Hall–Kier alpha value is -2.85. The lowest BCUT2D eigenvalue weighted by Gasteiger charge is -2.49. The molecule has 6 nitrogen and oxygen atoms in total. The minimum absolute atomic E-state index is 0.171. The van der Waals surface area contributed by atoms with Gasteiger partial charge in [-0.2, -0.15) is 13.2 Å².